The third-order valence-electron chi connectivity index (χ3n) is 5.41. The summed E-state index contributed by atoms with van der Waals surface area (Å²) in [6.45, 7) is 2.67. The molecule has 1 aromatic heterocycles. The molecule has 2 aromatic rings. The maximum Gasteiger partial charge on any atom is 0.222 e. The van der Waals surface area contributed by atoms with Crippen molar-refractivity contribution in [1.29, 1.82) is 5.26 Å². The number of rotatable bonds is 2. The van der Waals surface area contributed by atoms with E-state index in [1.807, 2.05) is 30.3 Å². The Bertz CT molecular complexity index is 833. The smallest absolute Gasteiger partial charge is 0.222 e. The summed E-state index contributed by atoms with van der Waals surface area (Å²) in [6, 6.07) is 12.3. The third-order valence-corrected chi connectivity index (χ3v) is 5.41. The number of aromatic nitrogens is 1. The molecule has 2 fully saturated rings. The van der Waals surface area contributed by atoms with Crippen molar-refractivity contribution in [1.82, 2.24) is 9.88 Å². The van der Waals surface area contributed by atoms with Gasteiger partial charge >= 0.3 is 0 Å². The molecule has 0 N–H and O–H groups in total. The molecule has 5 nitrogen and oxygen atoms in total. The quantitative estimate of drug-likeness (QED) is 0.847. The molecule has 0 aliphatic carbocycles. The van der Waals surface area contributed by atoms with Crippen molar-refractivity contribution in [3.05, 3.63) is 35.9 Å². The molecule has 0 saturated carbocycles. The van der Waals surface area contributed by atoms with Crippen molar-refractivity contribution in [2.75, 3.05) is 24.5 Å². The zero-order chi connectivity index (χ0) is 17.2. The third kappa shape index (κ3) is 3.05. The molecule has 4 rings (SSSR count). The Morgan fingerprint density at radius 3 is 2.68 bits per heavy atom. The molecule has 25 heavy (non-hydrogen) atoms. The number of pyridine rings is 1. The number of piperidine rings is 2. The summed E-state index contributed by atoms with van der Waals surface area (Å²) < 4.78 is 0. The minimum absolute atomic E-state index is 0.320. The molecule has 0 atom stereocenters. The van der Waals surface area contributed by atoms with Crippen LogP contribution in [0.25, 0.3) is 10.9 Å². The van der Waals surface area contributed by atoms with E-state index in [4.69, 9.17) is 4.98 Å². The fourth-order valence-electron chi connectivity index (χ4n) is 4.04. The second kappa shape index (κ2) is 6.72. The number of fused-ring (bicyclic) bond motifs is 1. The highest BCUT2D eigenvalue weighted by molar-refractivity contribution is 5.86. The summed E-state index contributed by atoms with van der Waals surface area (Å²) >= 11 is 0. The zero-order valence-electron chi connectivity index (χ0n) is 14.3. The van der Waals surface area contributed by atoms with Crippen LogP contribution in [0.4, 0.5) is 5.82 Å². The molecule has 1 amide bonds. The number of nitriles is 1. The first-order chi connectivity index (χ1) is 12.3. The van der Waals surface area contributed by atoms with Crippen LogP contribution in [0.15, 0.2) is 30.3 Å². The SMILES string of the molecule is N#Cc1cc(N2CCC(N3CCCCC3=O)CC2)nc2ccccc12. The van der Waals surface area contributed by atoms with Crippen LogP contribution in [0, 0.1) is 11.3 Å². The molecular weight excluding hydrogens is 312 g/mol. The van der Waals surface area contributed by atoms with E-state index >= 15 is 0 Å². The van der Waals surface area contributed by atoms with Gasteiger partial charge in [0.05, 0.1) is 17.1 Å². The van der Waals surface area contributed by atoms with Crippen molar-refractivity contribution in [3.63, 3.8) is 0 Å². The molecule has 2 aliphatic heterocycles. The van der Waals surface area contributed by atoms with Gasteiger partial charge in [0.1, 0.15) is 5.82 Å². The molecule has 0 spiro atoms. The molecule has 2 aliphatic rings. The summed E-state index contributed by atoms with van der Waals surface area (Å²) in [6.07, 6.45) is 4.82. The van der Waals surface area contributed by atoms with Gasteiger partial charge in [-0.1, -0.05) is 18.2 Å². The number of benzene rings is 1. The molecule has 128 valence electrons. The monoisotopic (exact) mass is 334 g/mol. The molecular formula is C20H22N4O. The number of carbonyl (C=O) groups excluding carboxylic acids is 1. The van der Waals surface area contributed by atoms with Crippen LogP contribution in [0.5, 0.6) is 0 Å². The van der Waals surface area contributed by atoms with Crippen molar-refractivity contribution in [2.24, 2.45) is 0 Å². The summed E-state index contributed by atoms with van der Waals surface area (Å²) in [5, 5.41) is 10.4. The molecule has 2 saturated heterocycles. The zero-order valence-corrected chi connectivity index (χ0v) is 14.3. The van der Waals surface area contributed by atoms with Crippen LogP contribution in [0.2, 0.25) is 0 Å². The summed E-state index contributed by atoms with van der Waals surface area (Å²) in [7, 11) is 0. The van der Waals surface area contributed by atoms with Gasteiger partial charge in [-0.25, -0.2) is 4.98 Å². The van der Waals surface area contributed by atoms with Crippen LogP contribution in [0.3, 0.4) is 0 Å². The highest BCUT2D eigenvalue weighted by atomic mass is 16.2. The topological polar surface area (TPSA) is 60.2 Å². The maximum atomic E-state index is 12.1. The number of carbonyl (C=O) groups is 1. The highest BCUT2D eigenvalue weighted by Gasteiger charge is 2.29. The van der Waals surface area contributed by atoms with Crippen molar-refractivity contribution in [2.45, 2.75) is 38.1 Å². The fourth-order valence-corrected chi connectivity index (χ4v) is 4.04. The lowest BCUT2D eigenvalue weighted by Crippen LogP contribution is -2.49. The van der Waals surface area contributed by atoms with E-state index in [-0.39, 0.29) is 0 Å². The lowest BCUT2D eigenvalue weighted by atomic mass is 9.99. The van der Waals surface area contributed by atoms with E-state index in [1.54, 1.807) is 0 Å². The standard InChI is InChI=1S/C20H22N4O/c21-14-15-13-19(22-18-6-2-1-5-17(15)18)23-11-8-16(9-12-23)24-10-4-3-7-20(24)25/h1-2,5-6,13,16H,3-4,7-12H2. The van der Waals surface area contributed by atoms with Gasteiger partial charge in [-0.2, -0.15) is 5.26 Å². The normalized spacial score (nSPS) is 19.2. The average Bonchev–Trinajstić information content (AvgIpc) is 2.67. The summed E-state index contributed by atoms with van der Waals surface area (Å²) in [4.78, 5) is 21.2. The van der Waals surface area contributed by atoms with E-state index < -0.39 is 0 Å². The Hall–Kier alpha value is -2.61. The van der Waals surface area contributed by atoms with Crippen LogP contribution in [-0.4, -0.2) is 41.5 Å². The second-order valence-electron chi connectivity index (χ2n) is 6.92. The van der Waals surface area contributed by atoms with Gasteiger partial charge in [0.25, 0.3) is 0 Å². The molecule has 0 radical (unpaired) electrons. The predicted molar refractivity (Wildman–Crippen MR) is 97.3 cm³/mol. The first-order valence-corrected chi connectivity index (χ1v) is 9.10. The number of para-hydroxylation sites is 1. The minimum Gasteiger partial charge on any atom is -0.356 e. The van der Waals surface area contributed by atoms with Crippen LogP contribution in [0.1, 0.15) is 37.7 Å². The fraction of sp³-hybridized carbons (Fsp3) is 0.450. The Labute approximate surface area is 147 Å². The van der Waals surface area contributed by atoms with Gasteiger partial charge in [-0.15, -0.1) is 0 Å². The van der Waals surface area contributed by atoms with Gasteiger partial charge in [0.2, 0.25) is 5.91 Å². The second-order valence-corrected chi connectivity index (χ2v) is 6.92. The molecule has 0 bridgehead atoms. The average molecular weight is 334 g/mol. The maximum absolute atomic E-state index is 12.1. The molecule has 0 unspecified atom stereocenters. The van der Waals surface area contributed by atoms with Crippen LogP contribution in [-0.2, 0) is 4.79 Å². The predicted octanol–water partition coefficient (Wildman–Crippen LogP) is 3.09. The number of amides is 1. The number of hydrogen-bond acceptors (Lipinski definition) is 4. The van der Waals surface area contributed by atoms with Gasteiger partial charge in [-0.05, 0) is 37.8 Å². The van der Waals surface area contributed by atoms with E-state index in [9.17, 15) is 10.1 Å². The number of nitrogens with zero attached hydrogens (tertiary/aromatic N) is 4. The van der Waals surface area contributed by atoms with E-state index in [0.717, 1.165) is 62.0 Å². The highest BCUT2D eigenvalue weighted by Crippen LogP contribution is 2.27. The van der Waals surface area contributed by atoms with Crippen molar-refractivity contribution >= 4 is 22.6 Å². The molecule has 5 heteroatoms. The Balaban J connectivity index is 1.52. The largest absolute Gasteiger partial charge is 0.356 e. The van der Waals surface area contributed by atoms with Gasteiger partial charge < -0.3 is 9.80 Å². The van der Waals surface area contributed by atoms with E-state index in [2.05, 4.69) is 15.9 Å². The van der Waals surface area contributed by atoms with E-state index in [0.29, 0.717) is 23.9 Å². The first-order valence-electron chi connectivity index (χ1n) is 9.10. The van der Waals surface area contributed by atoms with Crippen molar-refractivity contribution < 1.29 is 4.79 Å². The Kier molecular flexibility index (Phi) is 4.27. The van der Waals surface area contributed by atoms with Crippen LogP contribution < -0.4 is 4.90 Å². The Morgan fingerprint density at radius 2 is 1.92 bits per heavy atom. The van der Waals surface area contributed by atoms with Gasteiger partial charge in [0, 0.05) is 37.5 Å². The number of anilines is 1. The Morgan fingerprint density at radius 1 is 1.12 bits per heavy atom. The molecule has 3 heterocycles. The summed E-state index contributed by atoms with van der Waals surface area (Å²) in [5.41, 5.74) is 1.54. The van der Waals surface area contributed by atoms with E-state index in [1.165, 1.54) is 0 Å². The first kappa shape index (κ1) is 15.9. The van der Waals surface area contributed by atoms with Gasteiger partial charge in [-0.3, -0.25) is 4.79 Å². The lowest BCUT2D eigenvalue weighted by molar-refractivity contribution is -0.136. The summed E-state index contributed by atoms with van der Waals surface area (Å²) in [5.74, 6) is 1.19. The molecule has 1 aromatic carbocycles. The van der Waals surface area contributed by atoms with Gasteiger partial charge in [0.15, 0.2) is 0 Å². The minimum atomic E-state index is 0.320. The van der Waals surface area contributed by atoms with Crippen molar-refractivity contribution in [3.8, 4) is 6.07 Å². The van der Waals surface area contributed by atoms with Crippen LogP contribution >= 0.6 is 0 Å². The lowest BCUT2D eigenvalue weighted by Gasteiger charge is -2.40. The number of likely N-dealkylation sites (tertiary alicyclic amines) is 1. The number of hydrogen-bond donors (Lipinski definition) is 0.